The number of ether oxygens (including phenoxy) is 1. The van der Waals surface area contributed by atoms with Crippen molar-refractivity contribution in [2.45, 2.75) is 83.3 Å². The Morgan fingerprint density at radius 3 is 2.38 bits per heavy atom. The summed E-state index contributed by atoms with van der Waals surface area (Å²) >= 11 is 0. The quantitative estimate of drug-likeness (QED) is 0.811. The Balaban J connectivity index is 1.69. The minimum absolute atomic E-state index is 0.0679. The summed E-state index contributed by atoms with van der Waals surface area (Å²) in [5, 5.41) is 2.72. The molecule has 1 amide bonds. The minimum Gasteiger partial charge on any atom is -0.375 e. The molecule has 5 heteroatoms. The number of carbonyl (C=O) groups excluding carboxylic acids is 1. The highest BCUT2D eigenvalue weighted by Crippen LogP contribution is 2.36. The molecule has 0 aromatic heterocycles. The van der Waals surface area contributed by atoms with Gasteiger partial charge in [0.25, 0.3) is 5.91 Å². The maximum Gasteiger partial charge on any atom is 0.257 e. The van der Waals surface area contributed by atoms with Crippen LogP contribution in [0.4, 0.5) is 0 Å². The lowest BCUT2D eigenvalue weighted by molar-refractivity contribution is -0.130. The van der Waals surface area contributed by atoms with Crippen LogP contribution in [0, 0.1) is 17.8 Å². The van der Waals surface area contributed by atoms with E-state index in [0.29, 0.717) is 24.4 Å². The van der Waals surface area contributed by atoms with Crippen LogP contribution in [0.2, 0.25) is 0 Å². The second-order valence-corrected chi connectivity index (χ2v) is 8.35. The van der Waals surface area contributed by atoms with Crippen LogP contribution in [0.25, 0.3) is 0 Å². The van der Waals surface area contributed by atoms with Crippen molar-refractivity contribution in [1.82, 2.24) is 5.32 Å². The third-order valence-corrected chi connectivity index (χ3v) is 6.31. The number of rotatable bonds is 5. The number of hydrogen-bond acceptors (Lipinski definition) is 4. The van der Waals surface area contributed by atoms with Gasteiger partial charge in [-0.3, -0.25) is 10.1 Å². The predicted molar refractivity (Wildman–Crippen MR) is 95.6 cm³/mol. The van der Waals surface area contributed by atoms with E-state index in [1.165, 1.54) is 51.4 Å². The Morgan fingerprint density at radius 1 is 1.12 bits per heavy atom. The standard InChI is InChI=1S/C19H33N3O2/c1-13-7-6-8-14(2)16(13)24-12-19(17(23)21-18(20)22-19)11-15-9-4-3-5-10-15/h13-16H,3-12H2,1-2H3,(H3,20,21,22,23). The molecule has 3 aliphatic rings. The van der Waals surface area contributed by atoms with Crippen molar-refractivity contribution in [3.63, 3.8) is 0 Å². The summed E-state index contributed by atoms with van der Waals surface area (Å²) in [4.78, 5) is 17.2. The van der Waals surface area contributed by atoms with Gasteiger partial charge in [0, 0.05) is 0 Å². The summed E-state index contributed by atoms with van der Waals surface area (Å²) in [5.41, 5.74) is 5.03. The summed E-state index contributed by atoms with van der Waals surface area (Å²) in [7, 11) is 0. The van der Waals surface area contributed by atoms with E-state index >= 15 is 0 Å². The van der Waals surface area contributed by atoms with Crippen LogP contribution in [-0.2, 0) is 9.53 Å². The van der Waals surface area contributed by atoms with Crippen molar-refractivity contribution in [3.8, 4) is 0 Å². The van der Waals surface area contributed by atoms with Crippen LogP contribution >= 0.6 is 0 Å². The molecule has 24 heavy (non-hydrogen) atoms. The topological polar surface area (TPSA) is 76.7 Å². The Kier molecular flexibility index (Phi) is 5.48. The van der Waals surface area contributed by atoms with Crippen molar-refractivity contribution in [2.24, 2.45) is 28.5 Å². The van der Waals surface area contributed by atoms with Gasteiger partial charge in [-0.1, -0.05) is 52.4 Å². The fourth-order valence-electron chi connectivity index (χ4n) is 4.92. The van der Waals surface area contributed by atoms with Crippen molar-refractivity contribution in [2.75, 3.05) is 6.61 Å². The van der Waals surface area contributed by atoms with Gasteiger partial charge in [-0.05, 0) is 37.0 Å². The number of nitrogens with zero attached hydrogens (tertiary/aromatic N) is 1. The Bertz CT molecular complexity index is 477. The van der Waals surface area contributed by atoms with Crippen LogP contribution in [-0.4, -0.2) is 30.1 Å². The molecule has 3 unspecified atom stereocenters. The lowest BCUT2D eigenvalue weighted by atomic mass is 9.78. The molecule has 0 aromatic carbocycles. The number of aliphatic imine (C=N–C) groups is 1. The van der Waals surface area contributed by atoms with Crippen molar-refractivity contribution in [1.29, 1.82) is 0 Å². The lowest BCUT2D eigenvalue weighted by Gasteiger charge is -2.37. The van der Waals surface area contributed by atoms with E-state index in [2.05, 4.69) is 24.2 Å². The van der Waals surface area contributed by atoms with Gasteiger partial charge < -0.3 is 10.5 Å². The summed E-state index contributed by atoms with van der Waals surface area (Å²) in [5.74, 6) is 1.84. The van der Waals surface area contributed by atoms with Gasteiger partial charge in [0.1, 0.15) is 0 Å². The van der Waals surface area contributed by atoms with Gasteiger partial charge in [-0.15, -0.1) is 0 Å². The first-order valence-corrected chi connectivity index (χ1v) is 9.78. The zero-order valence-corrected chi connectivity index (χ0v) is 15.2. The van der Waals surface area contributed by atoms with Crippen LogP contribution in [0.5, 0.6) is 0 Å². The molecule has 1 aliphatic heterocycles. The first-order valence-electron chi connectivity index (χ1n) is 9.78. The molecule has 1 heterocycles. The maximum atomic E-state index is 12.6. The SMILES string of the molecule is CC1CCCC(C)C1OCC1(CC2CCCCC2)N=C(N)NC1=O. The molecule has 3 N–H and O–H groups in total. The average molecular weight is 335 g/mol. The van der Waals surface area contributed by atoms with Gasteiger partial charge in [0.05, 0.1) is 12.7 Å². The van der Waals surface area contributed by atoms with E-state index in [1.807, 2.05) is 0 Å². The second kappa shape index (κ2) is 7.42. The molecule has 0 spiro atoms. The van der Waals surface area contributed by atoms with E-state index in [1.54, 1.807) is 0 Å². The fraction of sp³-hybridized carbons (Fsp3) is 0.895. The molecular formula is C19H33N3O2. The monoisotopic (exact) mass is 335 g/mol. The summed E-state index contributed by atoms with van der Waals surface area (Å²) < 4.78 is 6.33. The number of nitrogens with two attached hydrogens (primary N) is 1. The summed E-state index contributed by atoms with van der Waals surface area (Å²) in [6.07, 6.45) is 10.9. The molecule has 2 saturated carbocycles. The molecule has 0 bridgehead atoms. The van der Waals surface area contributed by atoms with E-state index < -0.39 is 5.54 Å². The van der Waals surface area contributed by atoms with Crippen LogP contribution < -0.4 is 11.1 Å². The summed E-state index contributed by atoms with van der Waals surface area (Å²) in [6.45, 7) is 4.90. The minimum atomic E-state index is -0.803. The Hall–Kier alpha value is -1.10. The zero-order valence-electron chi connectivity index (χ0n) is 15.2. The molecule has 136 valence electrons. The molecule has 2 aliphatic carbocycles. The molecular weight excluding hydrogens is 302 g/mol. The average Bonchev–Trinajstić information content (AvgIpc) is 2.82. The molecule has 2 fully saturated rings. The molecule has 3 rings (SSSR count). The molecule has 3 atom stereocenters. The first-order chi connectivity index (χ1) is 11.5. The van der Waals surface area contributed by atoms with E-state index in [9.17, 15) is 4.79 Å². The number of hydrogen-bond donors (Lipinski definition) is 2. The maximum absolute atomic E-state index is 12.6. The second-order valence-electron chi connectivity index (χ2n) is 8.35. The van der Waals surface area contributed by atoms with E-state index in [0.717, 1.165) is 6.42 Å². The van der Waals surface area contributed by atoms with E-state index in [-0.39, 0.29) is 18.0 Å². The highest BCUT2D eigenvalue weighted by atomic mass is 16.5. The van der Waals surface area contributed by atoms with Gasteiger partial charge in [-0.25, -0.2) is 4.99 Å². The fourth-order valence-corrected chi connectivity index (χ4v) is 4.92. The highest BCUT2D eigenvalue weighted by Gasteiger charge is 2.46. The lowest BCUT2D eigenvalue weighted by Crippen LogP contribution is -2.47. The molecule has 0 radical (unpaired) electrons. The highest BCUT2D eigenvalue weighted by molar-refractivity contribution is 6.06. The van der Waals surface area contributed by atoms with Crippen molar-refractivity contribution in [3.05, 3.63) is 0 Å². The third kappa shape index (κ3) is 3.76. The van der Waals surface area contributed by atoms with Crippen LogP contribution in [0.3, 0.4) is 0 Å². The molecule has 5 nitrogen and oxygen atoms in total. The Labute approximate surface area is 145 Å². The van der Waals surface area contributed by atoms with Gasteiger partial charge >= 0.3 is 0 Å². The zero-order chi connectivity index (χ0) is 17.2. The predicted octanol–water partition coefficient (Wildman–Crippen LogP) is 2.98. The van der Waals surface area contributed by atoms with Crippen LogP contribution in [0.1, 0.15) is 71.6 Å². The third-order valence-electron chi connectivity index (χ3n) is 6.31. The van der Waals surface area contributed by atoms with Gasteiger partial charge in [0.2, 0.25) is 0 Å². The molecule has 0 saturated heterocycles. The number of guanidine groups is 1. The smallest absolute Gasteiger partial charge is 0.257 e. The van der Waals surface area contributed by atoms with E-state index in [4.69, 9.17) is 10.5 Å². The first kappa shape index (κ1) is 17.7. The number of nitrogens with one attached hydrogen (secondary N) is 1. The van der Waals surface area contributed by atoms with Crippen LogP contribution in [0.15, 0.2) is 4.99 Å². The largest absolute Gasteiger partial charge is 0.375 e. The van der Waals surface area contributed by atoms with Crippen molar-refractivity contribution < 1.29 is 9.53 Å². The normalized spacial score (nSPS) is 38.0. The molecule has 0 aromatic rings. The summed E-state index contributed by atoms with van der Waals surface area (Å²) in [6, 6.07) is 0. The number of carbonyl (C=O) groups is 1. The van der Waals surface area contributed by atoms with Crippen molar-refractivity contribution >= 4 is 11.9 Å². The van der Waals surface area contributed by atoms with Gasteiger partial charge in [0.15, 0.2) is 11.5 Å². The number of amides is 1. The Morgan fingerprint density at radius 2 is 1.79 bits per heavy atom. The van der Waals surface area contributed by atoms with Gasteiger partial charge in [-0.2, -0.15) is 0 Å².